The van der Waals surface area contributed by atoms with E-state index in [4.69, 9.17) is 0 Å². The van der Waals surface area contributed by atoms with Crippen LogP contribution in [0.1, 0.15) is 19.3 Å². The first-order chi connectivity index (χ1) is 5.33. The van der Waals surface area contributed by atoms with Gasteiger partial charge in [-0.15, -0.1) is 12.4 Å². The molecule has 0 radical (unpaired) electrons. The lowest BCUT2D eigenvalue weighted by atomic mass is 10.2. The van der Waals surface area contributed by atoms with Gasteiger partial charge in [0.2, 0.25) is 0 Å². The van der Waals surface area contributed by atoms with Gasteiger partial charge in [-0.1, -0.05) is 0 Å². The van der Waals surface area contributed by atoms with E-state index in [2.05, 4.69) is 0 Å². The fraction of sp³-hybridized carbons (Fsp3) is 0.750. The van der Waals surface area contributed by atoms with Crippen LogP contribution in [0.2, 0.25) is 0 Å². The minimum atomic E-state index is 0. The molecule has 0 aromatic rings. The fourth-order valence-corrected chi connectivity index (χ4v) is 1.31. The molecule has 0 aromatic heterocycles. The van der Waals surface area contributed by atoms with Crippen molar-refractivity contribution in [3.8, 4) is 0 Å². The van der Waals surface area contributed by atoms with E-state index in [1.54, 1.807) is 0 Å². The van der Waals surface area contributed by atoms with Crippen molar-refractivity contribution < 1.29 is 9.59 Å². The number of carbonyl (C=O) groups is 2. The van der Waals surface area contributed by atoms with Gasteiger partial charge in [0.05, 0.1) is 6.54 Å². The molecule has 4 heteroatoms. The Balaban J connectivity index is 0.00000121. The molecule has 3 nitrogen and oxygen atoms in total. The molecule has 1 aliphatic rings. The highest BCUT2D eigenvalue weighted by molar-refractivity contribution is 5.85. The van der Waals surface area contributed by atoms with Crippen LogP contribution in [-0.4, -0.2) is 36.6 Å². The van der Waals surface area contributed by atoms with Crippen LogP contribution in [0.25, 0.3) is 0 Å². The first-order valence-electron chi connectivity index (χ1n) is 4.00. The highest BCUT2D eigenvalue weighted by Gasteiger charge is 2.12. The van der Waals surface area contributed by atoms with Crippen molar-refractivity contribution in [2.75, 3.05) is 19.6 Å². The molecule has 1 saturated heterocycles. The zero-order valence-corrected chi connectivity index (χ0v) is 7.81. The summed E-state index contributed by atoms with van der Waals surface area (Å²) in [5.41, 5.74) is 0. The highest BCUT2D eigenvalue weighted by atomic mass is 35.5. The molecular weight excluding hydrogens is 178 g/mol. The van der Waals surface area contributed by atoms with Gasteiger partial charge in [0.1, 0.15) is 12.1 Å². The Bertz CT molecular complexity index is 161. The molecule has 1 rings (SSSR count). The topological polar surface area (TPSA) is 37.4 Å². The lowest BCUT2D eigenvalue weighted by Gasteiger charge is -2.14. The highest BCUT2D eigenvalue weighted by Crippen LogP contribution is 2.05. The smallest absolute Gasteiger partial charge is 0.134 e. The lowest BCUT2D eigenvalue weighted by molar-refractivity contribution is -0.119. The summed E-state index contributed by atoms with van der Waals surface area (Å²) in [6.45, 7) is 2.13. The number of likely N-dealkylation sites (tertiary alicyclic amines) is 1. The number of nitrogens with zero attached hydrogens (tertiary/aromatic N) is 1. The van der Waals surface area contributed by atoms with E-state index in [-0.39, 0.29) is 12.4 Å². The number of hydrogen-bond acceptors (Lipinski definition) is 3. The number of ketones is 1. The van der Waals surface area contributed by atoms with Crippen molar-refractivity contribution in [1.82, 2.24) is 4.90 Å². The van der Waals surface area contributed by atoms with Crippen LogP contribution in [0.4, 0.5) is 0 Å². The van der Waals surface area contributed by atoms with E-state index in [0.717, 1.165) is 25.8 Å². The standard InChI is InChI=1S/C8H13NO2.ClH/c10-7-6-9-4-1-2-8(11)3-5-9;/h7H,1-6H2;1H. The molecule has 1 fully saturated rings. The monoisotopic (exact) mass is 191 g/mol. The Morgan fingerprint density at radius 2 is 2.08 bits per heavy atom. The Hall–Kier alpha value is -0.410. The minimum absolute atomic E-state index is 0. The number of rotatable bonds is 2. The van der Waals surface area contributed by atoms with Crippen molar-refractivity contribution in [3.05, 3.63) is 0 Å². The van der Waals surface area contributed by atoms with Crippen LogP contribution in [0.3, 0.4) is 0 Å². The van der Waals surface area contributed by atoms with Crippen molar-refractivity contribution in [1.29, 1.82) is 0 Å². The first-order valence-corrected chi connectivity index (χ1v) is 4.00. The van der Waals surface area contributed by atoms with E-state index in [1.165, 1.54) is 0 Å². The normalized spacial score (nSPS) is 19.5. The number of halogens is 1. The predicted molar refractivity (Wildman–Crippen MR) is 48.6 cm³/mol. The maximum atomic E-state index is 10.9. The number of hydrogen-bond donors (Lipinski definition) is 0. The molecule has 0 spiro atoms. The number of carbonyl (C=O) groups excluding carboxylic acids is 2. The van der Waals surface area contributed by atoms with Crippen LogP contribution in [0.5, 0.6) is 0 Å². The molecule has 0 aliphatic carbocycles. The maximum Gasteiger partial charge on any atom is 0.134 e. The zero-order chi connectivity index (χ0) is 8.10. The molecular formula is C8H14ClNO2. The van der Waals surface area contributed by atoms with E-state index in [0.29, 0.717) is 25.2 Å². The van der Waals surface area contributed by atoms with Gasteiger partial charge in [0.15, 0.2) is 0 Å². The van der Waals surface area contributed by atoms with Gasteiger partial charge in [-0.2, -0.15) is 0 Å². The molecule has 1 heterocycles. The summed E-state index contributed by atoms with van der Waals surface area (Å²) in [7, 11) is 0. The summed E-state index contributed by atoms with van der Waals surface area (Å²) < 4.78 is 0. The molecule has 0 bridgehead atoms. The minimum Gasteiger partial charge on any atom is -0.302 e. The quantitative estimate of drug-likeness (QED) is 0.602. The van der Waals surface area contributed by atoms with Gasteiger partial charge < -0.3 is 4.79 Å². The molecule has 0 saturated carbocycles. The third-order valence-corrected chi connectivity index (χ3v) is 1.97. The largest absolute Gasteiger partial charge is 0.302 e. The Morgan fingerprint density at radius 3 is 2.75 bits per heavy atom. The Kier molecular flexibility index (Phi) is 5.93. The second-order valence-corrected chi connectivity index (χ2v) is 2.86. The summed E-state index contributed by atoms with van der Waals surface area (Å²) >= 11 is 0. The first kappa shape index (κ1) is 11.6. The van der Waals surface area contributed by atoms with Gasteiger partial charge in [0, 0.05) is 19.4 Å². The molecule has 0 unspecified atom stereocenters. The third kappa shape index (κ3) is 3.83. The van der Waals surface area contributed by atoms with Crippen molar-refractivity contribution in [2.24, 2.45) is 0 Å². The Labute approximate surface area is 78.5 Å². The second-order valence-electron chi connectivity index (χ2n) is 2.86. The van der Waals surface area contributed by atoms with Gasteiger partial charge >= 0.3 is 0 Å². The molecule has 0 aromatic carbocycles. The van der Waals surface area contributed by atoms with Gasteiger partial charge in [-0.3, -0.25) is 9.69 Å². The number of Topliss-reactive ketones (excluding diaryl/α,β-unsaturated/α-hetero) is 1. The third-order valence-electron chi connectivity index (χ3n) is 1.97. The predicted octanol–water partition coefficient (Wildman–Crippen LogP) is 0.662. The molecule has 0 amide bonds. The van der Waals surface area contributed by atoms with Gasteiger partial charge in [-0.05, 0) is 13.0 Å². The van der Waals surface area contributed by atoms with E-state index in [1.807, 2.05) is 4.90 Å². The van der Waals surface area contributed by atoms with Crippen molar-refractivity contribution in [3.63, 3.8) is 0 Å². The molecule has 0 N–H and O–H groups in total. The van der Waals surface area contributed by atoms with E-state index in [9.17, 15) is 9.59 Å². The van der Waals surface area contributed by atoms with Crippen molar-refractivity contribution >= 4 is 24.5 Å². The summed E-state index contributed by atoms with van der Waals surface area (Å²) in [5.74, 6) is 0.332. The lowest BCUT2D eigenvalue weighted by Crippen LogP contribution is -2.26. The molecule has 1 aliphatic heterocycles. The van der Waals surface area contributed by atoms with Crippen LogP contribution in [-0.2, 0) is 9.59 Å². The van der Waals surface area contributed by atoms with Crippen LogP contribution in [0, 0.1) is 0 Å². The summed E-state index contributed by atoms with van der Waals surface area (Å²) in [6.07, 6.45) is 3.12. The second kappa shape index (κ2) is 6.14. The summed E-state index contributed by atoms with van der Waals surface area (Å²) in [4.78, 5) is 23.1. The van der Waals surface area contributed by atoms with Crippen LogP contribution >= 0.6 is 12.4 Å². The molecule has 70 valence electrons. The van der Waals surface area contributed by atoms with E-state index < -0.39 is 0 Å². The zero-order valence-electron chi connectivity index (χ0n) is 6.99. The number of aldehydes is 1. The van der Waals surface area contributed by atoms with Gasteiger partial charge in [-0.25, -0.2) is 0 Å². The van der Waals surface area contributed by atoms with E-state index >= 15 is 0 Å². The maximum absolute atomic E-state index is 10.9. The van der Waals surface area contributed by atoms with Crippen LogP contribution in [0.15, 0.2) is 0 Å². The molecule has 0 atom stereocenters. The SMILES string of the molecule is Cl.O=CCN1CCCC(=O)CC1. The van der Waals surface area contributed by atoms with Gasteiger partial charge in [0.25, 0.3) is 0 Å². The van der Waals surface area contributed by atoms with Crippen molar-refractivity contribution in [2.45, 2.75) is 19.3 Å². The average molecular weight is 192 g/mol. The fourth-order valence-electron chi connectivity index (χ4n) is 1.31. The Morgan fingerprint density at radius 1 is 1.33 bits per heavy atom. The van der Waals surface area contributed by atoms with Crippen LogP contribution < -0.4 is 0 Å². The molecule has 12 heavy (non-hydrogen) atoms. The average Bonchev–Trinajstić information content (AvgIpc) is 2.17. The summed E-state index contributed by atoms with van der Waals surface area (Å²) in [6, 6.07) is 0. The summed E-state index contributed by atoms with van der Waals surface area (Å²) in [5, 5.41) is 0.